The summed E-state index contributed by atoms with van der Waals surface area (Å²) in [6.45, 7) is 2.72. The highest BCUT2D eigenvalue weighted by atomic mass is 16.5. The van der Waals surface area contributed by atoms with Crippen molar-refractivity contribution in [3.05, 3.63) is 65.4 Å². The molecule has 28 heavy (non-hydrogen) atoms. The molecule has 0 fully saturated rings. The molecule has 142 valence electrons. The van der Waals surface area contributed by atoms with Crippen molar-refractivity contribution in [3.63, 3.8) is 0 Å². The molecular formula is C23H22N2O3. The largest absolute Gasteiger partial charge is 0.493 e. The van der Waals surface area contributed by atoms with E-state index in [0.717, 1.165) is 23.7 Å². The van der Waals surface area contributed by atoms with Crippen LogP contribution in [-0.2, 0) is 0 Å². The van der Waals surface area contributed by atoms with Crippen LogP contribution in [0.15, 0.2) is 54.2 Å². The van der Waals surface area contributed by atoms with Crippen LogP contribution in [0.3, 0.4) is 0 Å². The number of unbranched alkanes of at least 4 members (excludes halogenated alkanes) is 1. The lowest BCUT2D eigenvalue weighted by Gasteiger charge is -2.11. The van der Waals surface area contributed by atoms with Gasteiger partial charge in [-0.3, -0.25) is 4.79 Å². The Morgan fingerprint density at radius 3 is 2.79 bits per heavy atom. The number of rotatable bonds is 8. The highest BCUT2D eigenvalue weighted by Gasteiger charge is 2.17. The number of Topliss-reactive ketones (excluding diaryl/α,β-unsaturated/α-hetero) is 1. The van der Waals surface area contributed by atoms with E-state index in [1.807, 2.05) is 36.4 Å². The van der Waals surface area contributed by atoms with E-state index >= 15 is 0 Å². The standard InChI is InChI=1S/C23H22N2O3/c1-3-4-11-28-21-10-9-16(13-22(21)27-2)12-17(14-24)23(26)19-15-25-20-8-6-5-7-18(19)20/h5-10,12-13,15,25H,3-4,11H2,1-2H3/b17-12+. The zero-order chi connectivity index (χ0) is 19.9. The van der Waals surface area contributed by atoms with Crippen LogP contribution in [0.1, 0.15) is 35.7 Å². The van der Waals surface area contributed by atoms with E-state index in [-0.39, 0.29) is 11.4 Å². The summed E-state index contributed by atoms with van der Waals surface area (Å²) in [4.78, 5) is 16.0. The van der Waals surface area contributed by atoms with E-state index in [0.29, 0.717) is 29.2 Å². The molecule has 0 aliphatic carbocycles. The summed E-state index contributed by atoms with van der Waals surface area (Å²) in [6, 6.07) is 14.9. The van der Waals surface area contributed by atoms with E-state index in [9.17, 15) is 10.1 Å². The molecule has 1 aromatic heterocycles. The van der Waals surface area contributed by atoms with Crippen molar-refractivity contribution in [3.8, 4) is 17.6 Å². The summed E-state index contributed by atoms with van der Waals surface area (Å²) in [7, 11) is 1.57. The first-order chi connectivity index (χ1) is 13.7. The number of methoxy groups -OCH3 is 1. The molecule has 0 radical (unpaired) electrons. The fourth-order valence-corrected chi connectivity index (χ4v) is 2.94. The predicted molar refractivity (Wildman–Crippen MR) is 110 cm³/mol. The van der Waals surface area contributed by atoms with Gasteiger partial charge in [0.2, 0.25) is 5.78 Å². The molecule has 2 aromatic carbocycles. The first-order valence-electron chi connectivity index (χ1n) is 9.21. The Balaban J connectivity index is 1.90. The van der Waals surface area contributed by atoms with Crippen LogP contribution in [0, 0.1) is 11.3 Å². The van der Waals surface area contributed by atoms with Gasteiger partial charge in [0.05, 0.1) is 13.7 Å². The number of aromatic nitrogens is 1. The fraction of sp³-hybridized carbons (Fsp3) is 0.217. The van der Waals surface area contributed by atoms with Crippen molar-refractivity contribution >= 4 is 22.8 Å². The number of hydrogen-bond acceptors (Lipinski definition) is 4. The zero-order valence-corrected chi connectivity index (χ0v) is 16.0. The number of fused-ring (bicyclic) bond motifs is 1. The van der Waals surface area contributed by atoms with Crippen molar-refractivity contribution in [2.75, 3.05) is 13.7 Å². The Labute approximate surface area is 164 Å². The molecule has 3 aromatic rings. The van der Waals surface area contributed by atoms with Crippen LogP contribution in [0.2, 0.25) is 0 Å². The number of carbonyl (C=O) groups excluding carboxylic acids is 1. The molecule has 3 rings (SSSR count). The quantitative estimate of drug-likeness (QED) is 0.256. The van der Waals surface area contributed by atoms with Crippen molar-refractivity contribution < 1.29 is 14.3 Å². The maximum absolute atomic E-state index is 12.9. The maximum Gasteiger partial charge on any atom is 0.205 e. The Morgan fingerprint density at radius 2 is 2.04 bits per heavy atom. The molecule has 0 atom stereocenters. The van der Waals surface area contributed by atoms with E-state index < -0.39 is 0 Å². The van der Waals surface area contributed by atoms with Gasteiger partial charge in [-0.1, -0.05) is 37.6 Å². The van der Waals surface area contributed by atoms with Crippen LogP contribution in [-0.4, -0.2) is 24.5 Å². The number of ether oxygens (including phenoxy) is 2. The number of para-hydroxylation sites is 1. The number of allylic oxidation sites excluding steroid dienone is 1. The van der Waals surface area contributed by atoms with Gasteiger partial charge >= 0.3 is 0 Å². The van der Waals surface area contributed by atoms with Gasteiger partial charge in [-0.2, -0.15) is 5.26 Å². The predicted octanol–water partition coefficient (Wildman–Crippen LogP) is 5.15. The number of benzene rings is 2. The molecular weight excluding hydrogens is 352 g/mol. The van der Waals surface area contributed by atoms with Gasteiger partial charge in [0, 0.05) is 22.7 Å². The van der Waals surface area contributed by atoms with Gasteiger partial charge in [0.15, 0.2) is 11.5 Å². The van der Waals surface area contributed by atoms with Gasteiger partial charge in [0.25, 0.3) is 0 Å². The summed E-state index contributed by atoms with van der Waals surface area (Å²) in [5.74, 6) is 0.901. The van der Waals surface area contributed by atoms with Crippen LogP contribution in [0.4, 0.5) is 0 Å². The van der Waals surface area contributed by atoms with E-state index in [4.69, 9.17) is 9.47 Å². The van der Waals surface area contributed by atoms with Crippen molar-refractivity contribution in [1.82, 2.24) is 4.98 Å². The lowest BCUT2D eigenvalue weighted by Crippen LogP contribution is -2.01. The van der Waals surface area contributed by atoms with Gasteiger partial charge in [0.1, 0.15) is 11.6 Å². The number of nitriles is 1. The molecule has 1 heterocycles. The minimum atomic E-state index is -0.317. The minimum absolute atomic E-state index is 0.0615. The maximum atomic E-state index is 12.9. The highest BCUT2D eigenvalue weighted by molar-refractivity contribution is 6.19. The molecule has 5 nitrogen and oxygen atoms in total. The zero-order valence-electron chi connectivity index (χ0n) is 16.0. The lowest BCUT2D eigenvalue weighted by atomic mass is 10.0. The second-order valence-corrected chi connectivity index (χ2v) is 6.36. The van der Waals surface area contributed by atoms with Gasteiger partial charge < -0.3 is 14.5 Å². The minimum Gasteiger partial charge on any atom is -0.493 e. The van der Waals surface area contributed by atoms with E-state index in [1.54, 1.807) is 31.5 Å². The normalized spacial score (nSPS) is 11.2. The molecule has 0 aliphatic rings. The second kappa shape index (κ2) is 8.92. The lowest BCUT2D eigenvalue weighted by molar-refractivity contribution is 0.104. The summed E-state index contributed by atoms with van der Waals surface area (Å²) >= 11 is 0. The number of nitrogens with zero attached hydrogens (tertiary/aromatic N) is 1. The third kappa shape index (κ3) is 4.07. The third-order valence-electron chi connectivity index (χ3n) is 4.45. The van der Waals surface area contributed by atoms with Crippen LogP contribution >= 0.6 is 0 Å². The van der Waals surface area contributed by atoms with Gasteiger partial charge in [-0.05, 0) is 36.3 Å². The monoisotopic (exact) mass is 374 g/mol. The molecule has 0 saturated heterocycles. The molecule has 0 amide bonds. The number of carbonyl (C=O) groups is 1. The summed E-state index contributed by atoms with van der Waals surface area (Å²) < 4.78 is 11.1. The second-order valence-electron chi connectivity index (χ2n) is 6.36. The number of H-pyrrole nitrogens is 1. The Morgan fingerprint density at radius 1 is 1.21 bits per heavy atom. The van der Waals surface area contributed by atoms with E-state index in [2.05, 4.69) is 11.9 Å². The summed E-state index contributed by atoms with van der Waals surface area (Å²) in [5.41, 5.74) is 2.10. The third-order valence-corrected chi connectivity index (χ3v) is 4.45. The molecule has 0 saturated carbocycles. The van der Waals surface area contributed by atoms with Gasteiger partial charge in [-0.15, -0.1) is 0 Å². The smallest absolute Gasteiger partial charge is 0.205 e. The van der Waals surface area contributed by atoms with Crippen LogP contribution in [0.25, 0.3) is 17.0 Å². The highest BCUT2D eigenvalue weighted by Crippen LogP contribution is 2.29. The topological polar surface area (TPSA) is 75.1 Å². The van der Waals surface area contributed by atoms with Gasteiger partial charge in [-0.25, -0.2) is 0 Å². The van der Waals surface area contributed by atoms with Crippen LogP contribution < -0.4 is 9.47 Å². The number of nitrogens with one attached hydrogen (secondary N) is 1. The number of ketones is 1. The molecule has 0 unspecified atom stereocenters. The molecule has 0 spiro atoms. The first-order valence-corrected chi connectivity index (χ1v) is 9.21. The first kappa shape index (κ1) is 19.2. The summed E-state index contributed by atoms with van der Waals surface area (Å²) in [6.07, 6.45) is 5.22. The molecule has 0 bridgehead atoms. The Bertz CT molecular complexity index is 1060. The van der Waals surface area contributed by atoms with Crippen molar-refractivity contribution in [1.29, 1.82) is 5.26 Å². The van der Waals surface area contributed by atoms with Crippen LogP contribution in [0.5, 0.6) is 11.5 Å². The Hall–Kier alpha value is -3.52. The average molecular weight is 374 g/mol. The number of aromatic amines is 1. The van der Waals surface area contributed by atoms with Crippen molar-refractivity contribution in [2.24, 2.45) is 0 Å². The fourth-order valence-electron chi connectivity index (χ4n) is 2.94. The number of hydrogen-bond donors (Lipinski definition) is 1. The Kier molecular flexibility index (Phi) is 6.13. The average Bonchev–Trinajstić information content (AvgIpc) is 3.16. The summed E-state index contributed by atoms with van der Waals surface area (Å²) in [5, 5.41) is 10.3. The van der Waals surface area contributed by atoms with Crippen molar-refractivity contribution in [2.45, 2.75) is 19.8 Å². The molecule has 5 heteroatoms. The SMILES string of the molecule is CCCCOc1ccc(/C=C(\C#N)C(=O)c2c[nH]c3ccccc23)cc1OC. The molecule has 0 aliphatic heterocycles. The molecule has 1 N–H and O–H groups in total. The van der Waals surface area contributed by atoms with E-state index in [1.165, 1.54) is 0 Å².